The van der Waals surface area contributed by atoms with Crippen molar-refractivity contribution in [2.24, 2.45) is 4.99 Å². The molecule has 0 saturated heterocycles. The van der Waals surface area contributed by atoms with Crippen molar-refractivity contribution < 1.29 is 5.11 Å². The van der Waals surface area contributed by atoms with Crippen LogP contribution in [0.4, 0.5) is 5.69 Å². The van der Waals surface area contributed by atoms with Crippen molar-refractivity contribution in [1.29, 1.82) is 0 Å². The Bertz CT molecular complexity index is 796. The van der Waals surface area contributed by atoms with Crippen LogP contribution in [-0.4, -0.2) is 15.4 Å². The van der Waals surface area contributed by atoms with E-state index in [9.17, 15) is 9.90 Å². The van der Waals surface area contributed by atoms with Crippen molar-refractivity contribution in [2.75, 3.05) is 0 Å². The molecule has 0 saturated carbocycles. The fraction of sp³-hybridized carbons (Fsp3) is 0.200. The van der Waals surface area contributed by atoms with Gasteiger partial charge in [-0.3, -0.25) is 14.4 Å². The molecular formula is C15H14N2O2S. The predicted molar refractivity (Wildman–Crippen MR) is 83.0 cm³/mol. The Kier molecular flexibility index (Phi) is 3.06. The van der Waals surface area contributed by atoms with E-state index in [2.05, 4.69) is 4.99 Å². The molecule has 1 aliphatic rings. The van der Waals surface area contributed by atoms with Crippen molar-refractivity contribution in [3.8, 4) is 5.88 Å². The van der Waals surface area contributed by atoms with Gasteiger partial charge in [0.15, 0.2) is 0 Å². The van der Waals surface area contributed by atoms with Crippen LogP contribution in [0.1, 0.15) is 24.3 Å². The molecule has 0 bridgehead atoms. The van der Waals surface area contributed by atoms with Crippen molar-refractivity contribution in [2.45, 2.75) is 20.4 Å². The van der Waals surface area contributed by atoms with Gasteiger partial charge in [0.25, 0.3) is 0 Å². The average molecular weight is 286 g/mol. The summed E-state index contributed by atoms with van der Waals surface area (Å²) in [5, 5.41) is 10.1. The molecule has 0 aliphatic carbocycles. The molecule has 3 rings (SSSR count). The van der Waals surface area contributed by atoms with Gasteiger partial charge in [-0.05, 0) is 26.0 Å². The third-order valence-corrected chi connectivity index (χ3v) is 4.27. The number of hydrogen-bond donors (Lipinski definition) is 1. The fourth-order valence-electron chi connectivity index (χ4n) is 2.34. The van der Waals surface area contributed by atoms with Crippen LogP contribution in [0.5, 0.6) is 5.88 Å². The molecule has 0 fully saturated rings. The average Bonchev–Trinajstić information content (AvgIpc) is 2.88. The summed E-state index contributed by atoms with van der Waals surface area (Å²) in [6.07, 6.45) is 1.85. The summed E-state index contributed by atoms with van der Waals surface area (Å²) in [6, 6.07) is 7.86. The molecule has 20 heavy (non-hydrogen) atoms. The molecule has 0 spiro atoms. The molecule has 0 unspecified atom stereocenters. The van der Waals surface area contributed by atoms with Crippen LogP contribution < -0.4 is 4.87 Å². The molecule has 0 amide bonds. The number of nitrogens with zero attached hydrogens (tertiary/aromatic N) is 2. The van der Waals surface area contributed by atoms with Gasteiger partial charge in [0.2, 0.25) is 5.88 Å². The molecular weight excluding hydrogens is 272 g/mol. The monoisotopic (exact) mass is 286 g/mol. The minimum absolute atomic E-state index is 0.0344. The number of para-hydroxylation sites is 1. The molecule has 1 N–H and O–H groups in total. The number of fused-ring (bicyclic) bond motifs is 1. The lowest BCUT2D eigenvalue weighted by molar-refractivity contribution is 0.417. The Hall–Kier alpha value is -2.14. The lowest BCUT2D eigenvalue weighted by atomic mass is 10.0. The quantitative estimate of drug-likeness (QED) is 0.921. The first kappa shape index (κ1) is 12.9. The second kappa shape index (κ2) is 4.76. The van der Waals surface area contributed by atoms with Gasteiger partial charge in [0.1, 0.15) is 0 Å². The van der Waals surface area contributed by atoms with Gasteiger partial charge in [-0.1, -0.05) is 29.5 Å². The molecule has 1 aliphatic heterocycles. The van der Waals surface area contributed by atoms with Crippen LogP contribution >= 0.6 is 11.3 Å². The predicted octanol–water partition coefficient (Wildman–Crippen LogP) is 3.28. The Morgan fingerprint density at radius 2 is 2.15 bits per heavy atom. The zero-order valence-electron chi connectivity index (χ0n) is 11.3. The van der Waals surface area contributed by atoms with Crippen molar-refractivity contribution >= 4 is 34.4 Å². The summed E-state index contributed by atoms with van der Waals surface area (Å²) in [6.45, 7) is 4.23. The fourth-order valence-corrected chi connectivity index (χ4v) is 3.23. The third-order valence-electron chi connectivity index (χ3n) is 3.36. The van der Waals surface area contributed by atoms with Crippen LogP contribution in [0.2, 0.25) is 0 Å². The molecule has 5 heteroatoms. The Balaban J connectivity index is 2.15. The number of aromatic nitrogens is 1. The summed E-state index contributed by atoms with van der Waals surface area (Å²) < 4.78 is 1.37. The van der Waals surface area contributed by atoms with E-state index in [1.54, 1.807) is 0 Å². The summed E-state index contributed by atoms with van der Waals surface area (Å²) in [7, 11) is 0. The maximum Gasteiger partial charge on any atom is 0.310 e. The lowest BCUT2D eigenvalue weighted by Gasteiger charge is -2.01. The van der Waals surface area contributed by atoms with Crippen LogP contribution in [0.25, 0.3) is 11.6 Å². The highest BCUT2D eigenvalue weighted by Gasteiger charge is 2.19. The maximum atomic E-state index is 11.8. The zero-order chi connectivity index (χ0) is 14.3. The van der Waals surface area contributed by atoms with E-state index in [1.165, 1.54) is 4.57 Å². The standard InChI is InChI=1S/C15H14N2O2S/c1-3-17-14(18)13(20-15(17)19)8-11-9(2)16-12-7-5-4-6-10(11)12/h4-8,18H,3H2,1-2H3. The van der Waals surface area contributed by atoms with Crippen LogP contribution in [-0.2, 0) is 6.54 Å². The van der Waals surface area contributed by atoms with Gasteiger partial charge in [0.05, 0.1) is 10.6 Å². The summed E-state index contributed by atoms with van der Waals surface area (Å²) >= 11 is 1.06. The summed E-state index contributed by atoms with van der Waals surface area (Å²) in [4.78, 5) is 16.7. The second-order valence-electron chi connectivity index (χ2n) is 4.57. The number of rotatable bonds is 2. The lowest BCUT2D eigenvalue weighted by Crippen LogP contribution is -2.09. The first-order valence-electron chi connectivity index (χ1n) is 6.41. The van der Waals surface area contributed by atoms with E-state index in [0.717, 1.165) is 33.9 Å². The van der Waals surface area contributed by atoms with Crippen LogP contribution in [0.15, 0.2) is 34.1 Å². The van der Waals surface area contributed by atoms with Crippen molar-refractivity contribution in [3.63, 3.8) is 0 Å². The molecule has 1 aromatic carbocycles. The minimum atomic E-state index is -0.141. The van der Waals surface area contributed by atoms with Gasteiger partial charge in [-0.2, -0.15) is 0 Å². The normalized spacial score (nSPS) is 15.5. The number of hydrogen-bond acceptors (Lipinski definition) is 4. The number of thiazole rings is 1. The molecule has 0 atom stereocenters. The van der Waals surface area contributed by atoms with E-state index in [1.807, 2.05) is 44.2 Å². The van der Waals surface area contributed by atoms with Gasteiger partial charge in [0, 0.05) is 23.4 Å². The summed E-state index contributed by atoms with van der Waals surface area (Å²) in [5.74, 6) is 0.0344. The Labute approximate surface area is 120 Å². The van der Waals surface area contributed by atoms with Crippen molar-refractivity contribution in [1.82, 2.24) is 4.57 Å². The SMILES string of the molecule is CCn1c(O)c(C=C2C(C)=Nc3ccccc32)sc1=O. The van der Waals surface area contributed by atoms with Gasteiger partial charge < -0.3 is 5.11 Å². The van der Waals surface area contributed by atoms with Gasteiger partial charge in [-0.15, -0.1) is 0 Å². The van der Waals surface area contributed by atoms with Gasteiger partial charge >= 0.3 is 4.87 Å². The molecule has 102 valence electrons. The molecule has 0 radical (unpaired) electrons. The smallest absolute Gasteiger partial charge is 0.310 e. The maximum absolute atomic E-state index is 11.8. The highest BCUT2D eigenvalue weighted by Crippen LogP contribution is 2.37. The van der Waals surface area contributed by atoms with Crippen LogP contribution in [0, 0.1) is 0 Å². The van der Waals surface area contributed by atoms with E-state index in [0.29, 0.717) is 11.4 Å². The molecule has 2 aromatic rings. The second-order valence-corrected chi connectivity index (χ2v) is 5.57. The number of benzene rings is 1. The number of aromatic hydroxyl groups is 1. The highest BCUT2D eigenvalue weighted by molar-refractivity contribution is 7.10. The van der Waals surface area contributed by atoms with Gasteiger partial charge in [-0.25, -0.2) is 0 Å². The number of aliphatic imine (C=N–C) groups is 1. The zero-order valence-corrected chi connectivity index (χ0v) is 12.1. The van der Waals surface area contributed by atoms with E-state index in [-0.39, 0.29) is 10.8 Å². The largest absolute Gasteiger partial charge is 0.493 e. The van der Waals surface area contributed by atoms with Crippen LogP contribution in [0.3, 0.4) is 0 Å². The first-order valence-corrected chi connectivity index (χ1v) is 7.22. The third kappa shape index (κ3) is 1.91. The molecule has 1 aromatic heterocycles. The summed E-state index contributed by atoms with van der Waals surface area (Å²) in [5.41, 5.74) is 3.82. The Morgan fingerprint density at radius 1 is 1.40 bits per heavy atom. The van der Waals surface area contributed by atoms with E-state index >= 15 is 0 Å². The molecule has 4 nitrogen and oxygen atoms in total. The minimum Gasteiger partial charge on any atom is -0.493 e. The Morgan fingerprint density at radius 3 is 2.85 bits per heavy atom. The molecule has 2 heterocycles. The first-order chi connectivity index (χ1) is 9.61. The highest BCUT2D eigenvalue weighted by atomic mass is 32.1. The number of allylic oxidation sites excluding steroid dienone is 1. The van der Waals surface area contributed by atoms with E-state index < -0.39 is 0 Å². The van der Waals surface area contributed by atoms with E-state index in [4.69, 9.17) is 0 Å². The topological polar surface area (TPSA) is 54.6 Å². The van der Waals surface area contributed by atoms with Crippen molar-refractivity contribution in [3.05, 3.63) is 44.4 Å².